The number of para-hydroxylation sites is 3. The van der Waals surface area contributed by atoms with E-state index in [0.29, 0.717) is 36.8 Å². The van der Waals surface area contributed by atoms with Gasteiger partial charge in [0, 0.05) is 25.3 Å². The SMILES string of the molecule is COc1ccccc1NC(=O)N1CCC(CNC(=O)C(=O)Nc2c(C)cccc2C)CC1. The van der Waals surface area contributed by atoms with Gasteiger partial charge in [-0.15, -0.1) is 0 Å². The Morgan fingerprint density at radius 1 is 0.938 bits per heavy atom. The van der Waals surface area contributed by atoms with Crippen LogP contribution in [0.2, 0.25) is 0 Å². The number of piperidine rings is 1. The van der Waals surface area contributed by atoms with Crippen molar-refractivity contribution in [3.8, 4) is 5.75 Å². The summed E-state index contributed by atoms with van der Waals surface area (Å²) in [5.41, 5.74) is 3.11. The highest BCUT2D eigenvalue weighted by Gasteiger charge is 2.25. The van der Waals surface area contributed by atoms with Gasteiger partial charge in [0.2, 0.25) is 0 Å². The van der Waals surface area contributed by atoms with Crippen molar-refractivity contribution in [2.45, 2.75) is 26.7 Å². The lowest BCUT2D eigenvalue weighted by molar-refractivity contribution is -0.136. The molecule has 0 bridgehead atoms. The molecule has 0 unspecified atom stereocenters. The van der Waals surface area contributed by atoms with Crippen LogP contribution in [0.5, 0.6) is 5.75 Å². The topological polar surface area (TPSA) is 99.8 Å². The van der Waals surface area contributed by atoms with E-state index >= 15 is 0 Å². The minimum atomic E-state index is -0.670. The van der Waals surface area contributed by atoms with Gasteiger partial charge in [0.15, 0.2) is 0 Å². The molecule has 1 saturated heterocycles. The van der Waals surface area contributed by atoms with Crippen molar-refractivity contribution in [2.24, 2.45) is 5.92 Å². The number of amides is 4. The van der Waals surface area contributed by atoms with Crippen LogP contribution in [-0.4, -0.2) is 49.5 Å². The molecule has 1 aliphatic heterocycles. The zero-order chi connectivity index (χ0) is 23.1. The highest BCUT2D eigenvalue weighted by atomic mass is 16.5. The Hall–Kier alpha value is -3.55. The molecule has 0 radical (unpaired) electrons. The molecule has 8 heteroatoms. The van der Waals surface area contributed by atoms with Gasteiger partial charge in [0.1, 0.15) is 5.75 Å². The Bertz CT molecular complexity index is 963. The van der Waals surface area contributed by atoms with Gasteiger partial charge in [-0.3, -0.25) is 9.59 Å². The summed E-state index contributed by atoms with van der Waals surface area (Å²) in [7, 11) is 1.56. The summed E-state index contributed by atoms with van der Waals surface area (Å²) in [5.74, 6) is -0.500. The summed E-state index contributed by atoms with van der Waals surface area (Å²) >= 11 is 0. The van der Waals surface area contributed by atoms with Crippen LogP contribution in [0.3, 0.4) is 0 Å². The van der Waals surface area contributed by atoms with Crippen molar-refractivity contribution >= 4 is 29.2 Å². The molecular weight excluding hydrogens is 408 g/mol. The van der Waals surface area contributed by atoms with E-state index in [2.05, 4.69) is 16.0 Å². The molecule has 0 saturated carbocycles. The van der Waals surface area contributed by atoms with E-state index < -0.39 is 11.8 Å². The fourth-order valence-electron chi connectivity index (χ4n) is 3.78. The molecule has 1 heterocycles. The number of likely N-dealkylation sites (tertiary alicyclic amines) is 1. The smallest absolute Gasteiger partial charge is 0.321 e. The third kappa shape index (κ3) is 5.78. The molecule has 32 heavy (non-hydrogen) atoms. The number of urea groups is 1. The van der Waals surface area contributed by atoms with Crippen molar-refractivity contribution in [3.05, 3.63) is 53.6 Å². The van der Waals surface area contributed by atoms with Gasteiger partial charge in [-0.05, 0) is 55.9 Å². The number of nitrogens with one attached hydrogen (secondary N) is 3. The molecule has 0 aliphatic carbocycles. The molecule has 2 aromatic carbocycles. The van der Waals surface area contributed by atoms with Crippen LogP contribution in [0.4, 0.5) is 16.2 Å². The van der Waals surface area contributed by atoms with Crippen molar-refractivity contribution in [3.63, 3.8) is 0 Å². The first-order chi connectivity index (χ1) is 15.4. The second kappa shape index (κ2) is 10.7. The van der Waals surface area contributed by atoms with Crippen LogP contribution in [0.1, 0.15) is 24.0 Å². The molecule has 3 N–H and O–H groups in total. The van der Waals surface area contributed by atoms with Gasteiger partial charge in [-0.25, -0.2) is 4.79 Å². The summed E-state index contributed by atoms with van der Waals surface area (Å²) in [4.78, 5) is 38.8. The van der Waals surface area contributed by atoms with Gasteiger partial charge >= 0.3 is 17.8 Å². The maximum atomic E-state index is 12.6. The third-order valence-corrected chi connectivity index (χ3v) is 5.73. The summed E-state index contributed by atoms with van der Waals surface area (Å²) in [6.45, 7) is 5.34. The van der Waals surface area contributed by atoms with Gasteiger partial charge in [-0.1, -0.05) is 30.3 Å². The van der Waals surface area contributed by atoms with Crippen molar-refractivity contribution in [1.82, 2.24) is 10.2 Å². The Balaban J connectivity index is 1.43. The third-order valence-electron chi connectivity index (χ3n) is 5.73. The maximum Gasteiger partial charge on any atom is 0.321 e. The summed E-state index contributed by atoms with van der Waals surface area (Å²) in [5, 5.41) is 8.30. The lowest BCUT2D eigenvalue weighted by Crippen LogP contribution is -2.44. The van der Waals surface area contributed by atoms with Crippen LogP contribution in [0, 0.1) is 19.8 Å². The van der Waals surface area contributed by atoms with Crippen LogP contribution >= 0.6 is 0 Å². The maximum absolute atomic E-state index is 12.6. The Morgan fingerprint density at radius 2 is 1.59 bits per heavy atom. The average molecular weight is 439 g/mol. The second-order valence-corrected chi connectivity index (χ2v) is 7.99. The number of anilines is 2. The molecule has 1 aliphatic rings. The molecule has 8 nitrogen and oxygen atoms in total. The molecule has 0 atom stereocenters. The highest BCUT2D eigenvalue weighted by Crippen LogP contribution is 2.24. The average Bonchev–Trinajstić information content (AvgIpc) is 2.80. The lowest BCUT2D eigenvalue weighted by Gasteiger charge is -2.32. The molecule has 0 aromatic heterocycles. The Kier molecular flexibility index (Phi) is 7.70. The number of carbonyl (C=O) groups excluding carboxylic acids is 3. The monoisotopic (exact) mass is 438 g/mol. The Morgan fingerprint density at radius 3 is 2.25 bits per heavy atom. The van der Waals surface area contributed by atoms with E-state index in [9.17, 15) is 14.4 Å². The van der Waals surface area contributed by atoms with Crippen molar-refractivity contribution < 1.29 is 19.1 Å². The van der Waals surface area contributed by atoms with E-state index in [-0.39, 0.29) is 11.9 Å². The number of nitrogens with zero attached hydrogens (tertiary/aromatic N) is 1. The van der Waals surface area contributed by atoms with E-state index in [4.69, 9.17) is 4.74 Å². The minimum Gasteiger partial charge on any atom is -0.495 e. The molecule has 4 amide bonds. The first-order valence-corrected chi connectivity index (χ1v) is 10.7. The van der Waals surface area contributed by atoms with Crippen LogP contribution in [0.15, 0.2) is 42.5 Å². The summed E-state index contributed by atoms with van der Waals surface area (Å²) in [6.07, 6.45) is 1.50. The molecule has 2 aromatic rings. The van der Waals surface area contributed by atoms with E-state index in [1.807, 2.05) is 44.2 Å². The lowest BCUT2D eigenvalue weighted by atomic mass is 9.97. The van der Waals surface area contributed by atoms with E-state index in [1.54, 1.807) is 24.1 Å². The number of benzene rings is 2. The van der Waals surface area contributed by atoms with Gasteiger partial charge in [0.25, 0.3) is 0 Å². The van der Waals surface area contributed by atoms with Gasteiger partial charge in [0.05, 0.1) is 12.8 Å². The fourth-order valence-corrected chi connectivity index (χ4v) is 3.78. The van der Waals surface area contributed by atoms with Crippen LogP contribution in [0.25, 0.3) is 0 Å². The first-order valence-electron chi connectivity index (χ1n) is 10.7. The number of rotatable bonds is 5. The minimum absolute atomic E-state index is 0.176. The number of carbonyl (C=O) groups is 3. The predicted molar refractivity (Wildman–Crippen MR) is 124 cm³/mol. The predicted octanol–water partition coefficient (Wildman–Crippen LogP) is 3.31. The highest BCUT2D eigenvalue weighted by molar-refractivity contribution is 6.39. The molecule has 3 rings (SSSR count). The second-order valence-electron chi connectivity index (χ2n) is 7.99. The zero-order valence-corrected chi connectivity index (χ0v) is 18.7. The first kappa shape index (κ1) is 23.1. The van der Waals surface area contributed by atoms with Gasteiger partial charge in [-0.2, -0.15) is 0 Å². The normalized spacial score (nSPS) is 13.9. The number of hydrogen-bond donors (Lipinski definition) is 3. The van der Waals surface area contributed by atoms with E-state index in [0.717, 1.165) is 24.0 Å². The molecule has 1 fully saturated rings. The Labute approximate surface area is 188 Å². The molecule has 170 valence electrons. The molecular formula is C24H30N4O4. The van der Waals surface area contributed by atoms with Crippen LogP contribution in [-0.2, 0) is 9.59 Å². The quantitative estimate of drug-likeness (QED) is 0.624. The summed E-state index contributed by atoms with van der Waals surface area (Å²) < 4.78 is 5.27. The summed E-state index contributed by atoms with van der Waals surface area (Å²) in [6, 6.07) is 12.8. The number of aryl methyl sites for hydroxylation is 2. The van der Waals surface area contributed by atoms with Crippen LogP contribution < -0.4 is 20.7 Å². The number of ether oxygens (including phenoxy) is 1. The van der Waals surface area contributed by atoms with Gasteiger partial charge < -0.3 is 25.6 Å². The zero-order valence-electron chi connectivity index (χ0n) is 18.7. The molecule has 0 spiro atoms. The standard InChI is InChI=1S/C24H30N4O4/c1-16-7-6-8-17(2)21(16)27-23(30)22(29)25-15-18-11-13-28(14-12-18)24(31)26-19-9-4-5-10-20(19)32-3/h4-10,18H,11-15H2,1-3H3,(H,25,29)(H,26,31)(H,27,30). The van der Waals surface area contributed by atoms with Crippen molar-refractivity contribution in [1.29, 1.82) is 0 Å². The van der Waals surface area contributed by atoms with E-state index in [1.165, 1.54) is 0 Å². The largest absolute Gasteiger partial charge is 0.495 e. The fraction of sp³-hybridized carbons (Fsp3) is 0.375. The number of methoxy groups -OCH3 is 1. The van der Waals surface area contributed by atoms with Crippen molar-refractivity contribution in [2.75, 3.05) is 37.4 Å². The number of hydrogen-bond acceptors (Lipinski definition) is 4.